The van der Waals surface area contributed by atoms with Crippen LogP contribution in [0.5, 0.6) is 0 Å². The number of fused-ring (bicyclic) bond motifs is 1. The number of nitrogens with zero attached hydrogens (tertiary/aromatic N) is 4. The van der Waals surface area contributed by atoms with Gasteiger partial charge < -0.3 is 19.4 Å². The quantitative estimate of drug-likeness (QED) is 0.337. The Morgan fingerprint density at radius 3 is 2.97 bits per heavy atom. The van der Waals surface area contributed by atoms with E-state index in [0.717, 1.165) is 12.4 Å². The summed E-state index contributed by atoms with van der Waals surface area (Å²) in [6, 6.07) is 0.627. The molecule has 0 unspecified atom stereocenters. The van der Waals surface area contributed by atoms with Crippen LogP contribution in [0.3, 0.4) is 0 Å². The van der Waals surface area contributed by atoms with Crippen molar-refractivity contribution < 1.29 is 17.8 Å². The molecule has 33 heavy (non-hydrogen) atoms. The molecule has 0 spiro atoms. The Hall–Kier alpha value is -2.26. The highest BCUT2D eigenvalue weighted by molar-refractivity contribution is 14.2. The maximum Gasteiger partial charge on any atom is 0.256 e. The predicted octanol–water partition coefficient (Wildman–Crippen LogP) is 3.31. The highest BCUT2D eigenvalue weighted by Crippen LogP contribution is 2.36. The van der Waals surface area contributed by atoms with Crippen molar-refractivity contribution in [2.75, 3.05) is 11.4 Å². The number of H-pyrrole nitrogens is 1. The van der Waals surface area contributed by atoms with Crippen LogP contribution in [0, 0.1) is 11.6 Å². The first-order valence-electron chi connectivity index (χ1n) is 10.4. The highest BCUT2D eigenvalue weighted by atomic mass is 127. The number of hydrogen-bond donors (Lipinski definition) is 2. The third-order valence-corrected chi connectivity index (χ3v) is 7.03. The van der Waals surface area contributed by atoms with Gasteiger partial charge in [0, 0.05) is 45.6 Å². The van der Waals surface area contributed by atoms with Gasteiger partial charge in [0.15, 0.2) is 17.3 Å². The van der Waals surface area contributed by atoms with Crippen LogP contribution >= 0.6 is 30.4 Å². The number of aromatic amines is 1. The monoisotopic (exact) mass is 588 g/mol. The summed E-state index contributed by atoms with van der Waals surface area (Å²) in [5.41, 5.74) is 0.218. The molecule has 2 aliphatic rings. The number of carbonyl (C=O) groups excluding carboxylic acids is 1. The van der Waals surface area contributed by atoms with E-state index in [9.17, 15) is 18.4 Å². The Bertz CT molecular complexity index is 1260. The minimum Gasteiger partial charge on any atom is -0.349 e. The minimum atomic E-state index is -0.646. The highest BCUT2D eigenvalue weighted by Gasteiger charge is 2.34. The summed E-state index contributed by atoms with van der Waals surface area (Å²) in [6.07, 6.45) is 6.27. The Balaban J connectivity index is 1.43. The number of carbonyl (C=O) groups is 1. The van der Waals surface area contributed by atoms with Crippen molar-refractivity contribution in [3.8, 4) is 0 Å². The molecule has 174 valence electrons. The SMILES string of the molecule is O=C(NC1CC(OSI)C1)c1cnn2cc(F)c(N3CCC[C@@H]3c3cc(F)c[nH]c3=O)nc12. The van der Waals surface area contributed by atoms with Crippen molar-refractivity contribution >= 4 is 47.8 Å². The number of rotatable bonds is 6. The number of amides is 1. The second kappa shape index (κ2) is 9.18. The molecule has 5 rings (SSSR count). The average molecular weight is 588 g/mol. The molecule has 1 amide bonds. The van der Waals surface area contributed by atoms with Gasteiger partial charge in [0.05, 0.1) is 33.8 Å². The molecule has 1 saturated heterocycles. The molecular formula is C20H19F2IN6O3S. The van der Waals surface area contributed by atoms with E-state index in [4.69, 9.17) is 4.18 Å². The zero-order chi connectivity index (χ0) is 23.1. The van der Waals surface area contributed by atoms with Gasteiger partial charge in [-0.3, -0.25) is 9.59 Å². The molecule has 2 fully saturated rings. The van der Waals surface area contributed by atoms with Crippen molar-refractivity contribution in [1.82, 2.24) is 24.9 Å². The normalized spacial score (nSPS) is 22.5. The van der Waals surface area contributed by atoms with Gasteiger partial charge in [-0.2, -0.15) is 5.10 Å². The Kier molecular flexibility index (Phi) is 6.26. The fourth-order valence-electron chi connectivity index (χ4n) is 4.38. The van der Waals surface area contributed by atoms with Crippen LogP contribution in [-0.2, 0) is 4.18 Å². The molecule has 1 atom stereocenters. The molecule has 1 aliphatic heterocycles. The molecule has 0 aromatic carbocycles. The third kappa shape index (κ3) is 4.33. The number of hydrogen-bond acceptors (Lipinski definition) is 7. The second-order valence-electron chi connectivity index (χ2n) is 8.12. The Labute approximate surface area is 203 Å². The summed E-state index contributed by atoms with van der Waals surface area (Å²) in [5, 5.41) is 7.00. The molecule has 3 aromatic rings. The average Bonchev–Trinajstić information content (AvgIpc) is 3.40. The molecular weight excluding hydrogens is 569 g/mol. The number of halogens is 3. The van der Waals surface area contributed by atoms with Crippen LogP contribution in [0.1, 0.15) is 47.6 Å². The molecule has 4 heterocycles. The summed E-state index contributed by atoms with van der Waals surface area (Å²) in [7, 11) is 1.27. The maximum absolute atomic E-state index is 15.0. The fourth-order valence-corrected chi connectivity index (χ4v) is 5.52. The topological polar surface area (TPSA) is 105 Å². The lowest BCUT2D eigenvalue weighted by Crippen LogP contribution is -2.47. The summed E-state index contributed by atoms with van der Waals surface area (Å²) < 4.78 is 35.4. The van der Waals surface area contributed by atoms with Crippen molar-refractivity contribution in [2.24, 2.45) is 0 Å². The van der Waals surface area contributed by atoms with Gasteiger partial charge in [-0.15, -0.1) is 0 Å². The van der Waals surface area contributed by atoms with Crippen LogP contribution < -0.4 is 15.8 Å². The molecule has 1 aliphatic carbocycles. The zero-order valence-electron chi connectivity index (χ0n) is 17.1. The number of aromatic nitrogens is 4. The first-order chi connectivity index (χ1) is 15.9. The molecule has 0 radical (unpaired) electrons. The van der Waals surface area contributed by atoms with Crippen molar-refractivity contribution in [2.45, 2.75) is 43.9 Å². The van der Waals surface area contributed by atoms with Crippen LogP contribution in [0.25, 0.3) is 5.65 Å². The number of anilines is 1. The van der Waals surface area contributed by atoms with Crippen LogP contribution in [-0.4, -0.2) is 44.2 Å². The van der Waals surface area contributed by atoms with Gasteiger partial charge >= 0.3 is 0 Å². The molecule has 13 heteroatoms. The summed E-state index contributed by atoms with van der Waals surface area (Å²) >= 11 is 2.06. The number of nitrogens with one attached hydrogen (secondary N) is 2. The lowest BCUT2D eigenvalue weighted by Gasteiger charge is -2.34. The summed E-state index contributed by atoms with van der Waals surface area (Å²) in [4.78, 5) is 33.6. The van der Waals surface area contributed by atoms with Crippen molar-refractivity contribution in [1.29, 1.82) is 0 Å². The first-order valence-corrected chi connectivity index (χ1v) is 13.7. The molecule has 9 nitrogen and oxygen atoms in total. The largest absolute Gasteiger partial charge is 0.349 e. The van der Waals surface area contributed by atoms with Gasteiger partial charge in [0.1, 0.15) is 11.4 Å². The van der Waals surface area contributed by atoms with E-state index in [-0.39, 0.29) is 40.6 Å². The summed E-state index contributed by atoms with van der Waals surface area (Å²) in [5.74, 6) is -1.57. The van der Waals surface area contributed by atoms with E-state index in [0.29, 0.717) is 32.2 Å². The number of pyridine rings is 1. The van der Waals surface area contributed by atoms with E-state index < -0.39 is 23.2 Å². The van der Waals surface area contributed by atoms with E-state index >= 15 is 0 Å². The van der Waals surface area contributed by atoms with Crippen molar-refractivity contribution in [3.63, 3.8) is 0 Å². The van der Waals surface area contributed by atoms with E-state index in [1.54, 1.807) is 4.90 Å². The smallest absolute Gasteiger partial charge is 0.256 e. The van der Waals surface area contributed by atoms with Crippen molar-refractivity contribution in [3.05, 3.63) is 57.8 Å². The lowest BCUT2D eigenvalue weighted by atomic mass is 9.89. The van der Waals surface area contributed by atoms with E-state index in [1.807, 2.05) is 0 Å². The standard InChI is InChI=1S/C20H19F2IN6O3S/c21-10-4-13(19(30)24-7-10)16-2-1-3-28(16)18-15(22)9-29-17(27-18)14(8-25-29)20(31)26-11-5-12(6-11)32-33-23/h4,7-9,11-12,16H,1-3,5-6H2,(H,24,30)(H,26,31)/t11?,12?,16-/m1/s1. The fraction of sp³-hybridized carbons (Fsp3) is 0.400. The Morgan fingerprint density at radius 1 is 1.36 bits per heavy atom. The Morgan fingerprint density at radius 2 is 2.18 bits per heavy atom. The van der Waals surface area contributed by atoms with Gasteiger partial charge in [0.25, 0.3) is 11.5 Å². The van der Waals surface area contributed by atoms with Crippen LogP contribution in [0.2, 0.25) is 0 Å². The molecule has 3 aromatic heterocycles. The second-order valence-corrected chi connectivity index (χ2v) is 9.51. The van der Waals surface area contributed by atoms with Gasteiger partial charge in [0.2, 0.25) is 0 Å². The predicted molar refractivity (Wildman–Crippen MR) is 126 cm³/mol. The third-order valence-electron chi connectivity index (χ3n) is 6.06. The van der Waals surface area contributed by atoms with Gasteiger partial charge in [-0.25, -0.2) is 18.3 Å². The first kappa shape index (κ1) is 22.5. The lowest BCUT2D eigenvalue weighted by molar-refractivity contribution is 0.0789. The molecule has 1 saturated carbocycles. The van der Waals surface area contributed by atoms with Gasteiger partial charge in [-0.1, -0.05) is 0 Å². The molecule has 2 N–H and O–H groups in total. The minimum absolute atomic E-state index is 0.000565. The van der Waals surface area contributed by atoms with E-state index in [1.165, 1.54) is 26.0 Å². The van der Waals surface area contributed by atoms with E-state index in [2.05, 4.69) is 41.6 Å². The maximum atomic E-state index is 15.0. The zero-order valence-corrected chi connectivity index (χ0v) is 20.1. The molecule has 0 bridgehead atoms. The summed E-state index contributed by atoms with van der Waals surface area (Å²) in [6.45, 7) is 0.439. The van der Waals surface area contributed by atoms with Crippen LogP contribution in [0.4, 0.5) is 14.6 Å². The van der Waals surface area contributed by atoms with Crippen LogP contribution in [0.15, 0.2) is 29.5 Å². The van der Waals surface area contributed by atoms with Gasteiger partial charge in [-0.05, 0) is 31.7 Å².